The summed E-state index contributed by atoms with van der Waals surface area (Å²) in [6.07, 6.45) is 3.15. The Labute approximate surface area is 105 Å². The molecular weight excluding hydrogens is 214 g/mol. The number of ether oxygens (including phenoxy) is 1. The molecule has 0 aliphatic heterocycles. The van der Waals surface area contributed by atoms with Gasteiger partial charge in [0.05, 0.1) is 12.4 Å². The second-order valence-electron chi connectivity index (χ2n) is 4.81. The Hall–Kier alpha value is -0.800. The fraction of sp³-hybridized carbons (Fsp3) is 0.714. The summed E-state index contributed by atoms with van der Waals surface area (Å²) in [5, 5.41) is 3.37. The van der Waals surface area contributed by atoms with E-state index >= 15 is 0 Å². The lowest BCUT2D eigenvalue weighted by Crippen LogP contribution is -2.17. The standard InChI is InChI=1S/C14H25NO2/c1-5-7-15-9-13-6-8-16-14(13)10-17-12(4)11(2)3/h6,8,11-12,15H,5,7,9-10H2,1-4H3. The second kappa shape index (κ2) is 7.51. The van der Waals surface area contributed by atoms with Gasteiger partial charge >= 0.3 is 0 Å². The van der Waals surface area contributed by atoms with E-state index in [4.69, 9.17) is 9.15 Å². The molecule has 0 radical (unpaired) electrons. The van der Waals surface area contributed by atoms with Crippen LogP contribution in [-0.4, -0.2) is 12.6 Å². The number of nitrogens with one attached hydrogen (secondary N) is 1. The van der Waals surface area contributed by atoms with E-state index < -0.39 is 0 Å². The molecule has 1 N–H and O–H groups in total. The van der Waals surface area contributed by atoms with Crippen molar-refractivity contribution in [1.82, 2.24) is 5.32 Å². The normalized spacial score (nSPS) is 13.2. The second-order valence-corrected chi connectivity index (χ2v) is 4.81. The first-order valence-corrected chi connectivity index (χ1v) is 6.52. The molecule has 1 rings (SSSR count). The summed E-state index contributed by atoms with van der Waals surface area (Å²) in [6, 6.07) is 2.02. The van der Waals surface area contributed by atoms with E-state index in [9.17, 15) is 0 Å². The molecule has 17 heavy (non-hydrogen) atoms. The van der Waals surface area contributed by atoms with Gasteiger partial charge in [-0.3, -0.25) is 0 Å². The zero-order valence-electron chi connectivity index (χ0n) is 11.5. The lowest BCUT2D eigenvalue weighted by Gasteiger charge is -2.16. The molecule has 0 aromatic carbocycles. The van der Waals surface area contributed by atoms with Crippen molar-refractivity contribution < 1.29 is 9.15 Å². The molecule has 0 bridgehead atoms. The van der Waals surface area contributed by atoms with Crippen molar-refractivity contribution in [2.75, 3.05) is 6.54 Å². The van der Waals surface area contributed by atoms with Gasteiger partial charge in [-0.25, -0.2) is 0 Å². The van der Waals surface area contributed by atoms with Crippen LogP contribution in [0.3, 0.4) is 0 Å². The van der Waals surface area contributed by atoms with E-state index in [1.165, 1.54) is 5.56 Å². The van der Waals surface area contributed by atoms with Crippen LogP contribution in [0.5, 0.6) is 0 Å². The number of hydrogen-bond acceptors (Lipinski definition) is 3. The molecule has 98 valence electrons. The van der Waals surface area contributed by atoms with Crippen LogP contribution in [0, 0.1) is 5.92 Å². The van der Waals surface area contributed by atoms with Crippen LogP contribution in [0.4, 0.5) is 0 Å². The predicted octanol–water partition coefficient (Wildman–Crippen LogP) is 3.34. The highest BCUT2D eigenvalue weighted by molar-refractivity contribution is 5.16. The summed E-state index contributed by atoms with van der Waals surface area (Å²) in [4.78, 5) is 0. The highest BCUT2D eigenvalue weighted by atomic mass is 16.5. The van der Waals surface area contributed by atoms with Crippen molar-refractivity contribution in [3.05, 3.63) is 23.7 Å². The minimum Gasteiger partial charge on any atom is -0.467 e. The van der Waals surface area contributed by atoms with Crippen LogP contribution in [0.15, 0.2) is 16.7 Å². The molecule has 0 saturated heterocycles. The smallest absolute Gasteiger partial charge is 0.133 e. The molecule has 0 aliphatic rings. The first kappa shape index (κ1) is 14.3. The molecule has 0 fully saturated rings. The third kappa shape index (κ3) is 4.92. The number of hydrogen-bond donors (Lipinski definition) is 1. The highest BCUT2D eigenvalue weighted by Gasteiger charge is 2.11. The van der Waals surface area contributed by atoms with Crippen LogP contribution < -0.4 is 5.32 Å². The third-order valence-corrected chi connectivity index (χ3v) is 3.00. The molecule has 0 saturated carbocycles. The number of furan rings is 1. The first-order chi connectivity index (χ1) is 8.15. The fourth-order valence-electron chi connectivity index (χ4n) is 1.45. The summed E-state index contributed by atoms with van der Waals surface area (Å²) < 4.78 is 11.2. The van der Waals surface area contributed by atoms with Gasteiger partial charge in [0.15, 0.2) is 0 Å². The van der Waals surface area contributed by atoms with E-state index in [-0.39, 0.29) is 6.10 Å². The molecule has 1 aromatic heterocycles. The van der Waals surface area contributed by atoms with Gasteiger partial charge in [0, 0.05) is 12.1 Å². The van der Waals surface area contributed by atoms with Gasteiger partial charge in [-0.2, -0.15) is 0 Å². The number of rotatable bonds is 8. The maximum atomic E-state index is 5.77. The van der Waals surface area contributed by atoms with E-state index in [0.717, 1.165) is 25.3 Å². The molecule has 0 amide bonds. The van der Waals surface area contributed by atoms with Crippen molar-refractivity contribution in [3.63, 3.8) is 0 Å². The van der Waals surface area contributed by atoms with Crippen LogP contribution in [0.2, 0.25) is 0 Å². The largest absolute Gasteiger partial charge is 0.467 e. The first-order valence-electron chi connectivity index (χ1n) is 6.52. The zero-order chi connectivity index (χ0) is 12.7. The van der Waals surface area contributed by atoms with Gasteiger partial charge in [0.25, 0.3) is 0 Å². The van der Waals surface area contributed by atoms with Gasteiger partial charge < -0.3 is 14.5 Å². The van der Waals surface area contributed by atoms with E-state index in [1.807, 2.05) is 6.07 Å². The highest BCUT2D eigenvalue weighted by Crippen LogP contribution is 2.14. The molecule has 1 unspecified atom stereocenters. The quantitative estimate of drug-likeness (QED) is 0.706. The Kier molecular flexibility index (Phi) is 6.30. The van der Waals surface area contributed by atoms with Gasteiger partial charge in [-0.1, -0.05) is 20.8 Å². The maximum absolute atomic E-state index is 5.77. The molecule has 3 nitrogen and oxygen atoms in total. The van der Waals surface area contributed by atoms with Crippen molar-refractivity contribution in [2.24, 2.45) is 5.92 Å². The van der Waals surface area contributed by atoms with Crippen LogP contribution in [0.25, 0.3) is 0 Å². The van der Waals surface area contributed by atoms with Crippen molar-refractivity contribution >= 4 is 0 Å². The Balaban J connectivity index is 2.40. The molecule has 0 aliphatic carbocycles. The van der Waals surface area contributed by atoms with Crippen LogP contribution in [0.1, 0.15) is 45.4 Å². The lowest BCUT2D eigenvalue weighted by molar-refractivity contribution is 0.0144. The van der Waals surface area contributed by atoms with Crippen molar-refractivity contribution in [1.29, 1.82) is 0 Å². The summed E-state index contributed by atoms with van der Waals surface area (Å²) in [6.45, 7) is 11.1. The van der Waals surface area contributed by atoms with Gasteiger partial charge in [-0.05, 0) is 31.9 Å². The van der Waals surface area contributed by atoms with E-state index in [0.29, 0.717) is 12.5 Å². The van der Waals surface area contributed by atoms with Gasteiger partial charge in [0.2, 0.25) is 0 Å². The van der Waals surface area contributed by atoms with Crippen LogP contribution >= 0.6 is 0 Å². The molecule has 3 heteroatoms. The minimum atomic E-state index is 0.261. The maximum Gasteiger partial charge on any atom is 0.133 e. The average molecular weight is 239 g/mol. The summed E-state index contributed by atoms with van der Waals surface area (Å²) in [5.74, 6) is 1.48. The monoisotopic (exact) mass is 239 g/mol. The average Bonchev–Trinajstić information content (AvgIpc) is 2.74. The molecule has 1 aromatic rings. The summed E-state index contributed by atoms with van der Waals surface area (Å²) in [5.41, 5.74) is 1.20. The minimum absolute atomic E-state index is 0.261. The fourth-order valence-corrected chi connectivity index (χ4v) is 1.45. The molecule has 1 heterocycles. The summed E-state index contributed by atoms with van der Waals surface area (Å²) in [7, 11) is 0. The third-order valence-electron chi connectivity index (χ3n) is 3.00. The van der Waals surface area contributed by atoms with E-state index in [2.05, 4.69) is 33.0 Å². The lowest BCUT2D eigenvalue weighted by atomic mass is 10.1. The molecular formula is C14H25NO2. The predicted molar refractivity (Wildman–Crippen MR) is 69.8 cm³/mol. The Morgan fingerprint density at radius 1 is 1.35 bits per heavy atom. The van der Waals surface area contributed by atoms with Crippen molar-refractivity contribution in [2.45, 2.75) is 53.4 Å². The van der Waals surface area contributed by atoms with Gasteiger partial charge in [0.1, 0.15) is 12.4 Å². The zero-order valence-corrected chi connectivity index (χ0v) is 11.5. The SMILES string of the molecule is CCCNCc1ccoc1COC(C)C(C)C. The Morgan fingerprint density at radius 2 is 2.12 bits per heavy atom. The van der Waals surface area contributed by atoms with Gasteiger partial charge in [-0.15, -0.1) is 0 Å². The van der Waals surface area contributed by atoms with Crippen LogP contribution in [-0.2, 0) is 17.9 Å². The Morgan fingerprint density at radius 3 is 2.76 bits per heavy atom. The van der Waals surface area contributed by atoms with Crippen molar-refractivity contribution in [3.8, 4) is 0 Å². The topological polar surface area (TPSA) is 34.4 Å². The van der Waals surface area contributed by atoms with E-state index in [1.54, 1.807) is 6.26 Å². The summed E-state index contributed by atoms with van der Waals surface area (Å²) >= 11 is 0. The molecule has 0 spiro atoms. The Bertz CT molecular complexity index is 307. The molecule has 1 atom stereocenters.